The molecule has 0 saturated heterocycles. The lowest BCUT2D eigenvalue weighted by atomic mass is 10.2. The molecule has 2 aromatic rings. The number of aromatic nitrogens is 1. The molecule has 3 heteroatoms. The van der Waals surface area contributed by atoms with Crippen LogP contribution in [0.25, 0.3) is 0 Å². The van der Waals surface area contributed by atoms with Crippen molar-refractivity contribution in [3.05, 3.63) is 58.9 Å². The molecule has 3 nitrogen and oxygen atoms in total. The summed E-state index contributed by atoms with van der Waals surface area (Å²) in [6, 6.07) is 12.7. The number of nitrogens with one attached hydrogen (secondary N) is 1. The van der Waals surface area contributed by atoms with Crippen molar-refractivity contribution in [3.63, 3.8) is 0 Å². The van der Waals surface area contributed by atoms with Crippen molar-refractivity contribution in [2.75, 3.05) is 0 Å². The molecule has 3 rings (SSSR count). The van der Waals surface area contributed by atoms with E-state index >= 15 is 0 Å². The molecular formula is C14H15N3. The number of benzene rings is 1. The van der Waals surface area contributed by atoms with E-state index in [2.05, 4.69) is 58.4 Å². The van der Waals surface area contributed by atoms with Gasteiger partial charge in [-0.05, 0) is 18.6 Å². The Morgan fingerprint density at radius 1 is 1.29 bits per heavy atom. The van der Waals surface area contributed by atoms with E-state index in [0.29, 0.717) is 0 Å². The van der Waals surface area contributed by atoms with Crippen LogP contribution in [-0.2, 0) is 13.1 Å². The van der Waals surface area contributed by atoms with Gasteiger partial charge in [-0.15, -0.1) is 0 Å². The molecule has 1 N–H and O–H groups in total. The molecule has 0 spiro atoms. The van der Waals surface area contributed by atoms with Crippen molar-refractivity contribution in [2.45, 2.75) is 20.0 Å². The molecule has 2 heterocycles. The highest BCUT2D eigenvalue weighted by Gasteiger charge is 2.13. The van der Waals surface area contributed by atoms with Gasteiger partial charge in [0.1, 0.15) is 0 Å². The minimum absolute atomic E-state index is 0.812. The minimum atomic E-state index is 0.812. The zero-order valence-electron chi connectivity index (χ0n) is 9.85. The highest BCUT2D eigenvalue weighted by molar-refractivity contribution is 5.82. The summed E-state index contributed by atoms with van der Waals surface area (Å²) >= 11 is 0. The number of rotatable bonds is 2. The Hall–Kier alpha value is -2.03. The predicted octanol–water partition coefficient (Wildman–Crippen LogP) is 2.28. The minimum Gasteiger partial charge on any atom is -0.342 e. The van der Waals surface area contributed by atoms with Gasteiger partial charge in [-0.3, -0.25) is 0 Å². The fraction of sp³-hybridized carbons (Fsp3) is 0.214. The third kappa shape index (κ3) is 1.84. The van der Waals surface area contributed by atoms with Crippen molar-refractivity contribution in [1.82, 2.24) is 9.99 Å². The Balaban J connectivity index is 1.98. The maximum absolute atomic E-state index is 4.09. The lowest BCUT2D eigenvalue weighted by Gasteiger charge is -2.14. The smallest absolute Gasteiger partial charge is 0.0739 e. The van der Waals surface area contributed by atoms with Crippen LogP contribution in [-0.4, -0.2) is 10.8 Å². The Morgan fingerprint density at radius 3 is 2.94 bits per heavy atom. The summed E-state index contributed by atoms with van der Waals surface area (Å²) in [5.74, 6) is 0. The van der Waals surface area contributed by atoms with E-state index in [1.54, 1.807) is 0 Å². The topological polar surface area (TPSA) is 29.3 Å². The highest BCUT2D eigenvalue weighted by atomic mass is 15.3. The number of nitrogens with zero attached hydrogens (tertiary/aromatic N) is 2. The first kappa shape index (κ1) is 10.1. The maximum atomic E-state index is 4.09. The van der Waals surface area contributed by atoms with E-state index in [9.17, 15) is 0 Å². The van der Waals surface area contributed by atoms with Gasteiger partial charge in [-0.25, -0.2) is 0 Å². The first-order valence-corrected chi connectivity index (χ1v) is 5.83. The molecule has 0 amide bonds. The van der Waals surface area contributed by atoms with Crippen LogP contribution in [0.15, 0.2) is 41.5 Å². The quantitative estimate of drug-likeness (QED) is 0.834. The molecule has 0 aliphatic carbocycles. The van der Waals surface area contributed by atoms with E-state index in [1.165, 1.54) is 22.5 Å². The van der Waals surface area contributed by atoms with Gasteiger partial charge in [0.25, 0.3) is 0 Å². The van der Waals surface area contributed by atoms with Gasteiger partial charge in [0, 0.05) is 23.5 Å². The standard InChI is InChI=1S/C14H15N3/c1-11-7-13-8-15-16-9-14(13)17(11)10-12-5-3-2-4-6-12/h2-8,16H,9-10H2,1H3. The van der Waals surface area contributed by atoms with E-state index in [0.717, 1.165) is 13.1 Å². The summed E-state index contributed by atoms with van der Waals surface area (Å²) in [4.78, 5) is 0. The van der Waals surface area contributed by atoms with Crippen LogP contribution in [0, 0.1) is 6.92 Å². The molecule has 0 fully saturated rings. The van der Waals surface area contributed by atoms with Crippen LogP contribution in [0.5, 0.6) is 0 Å². The first-order chi connectivity index (χ1) is 8.34. The Kier molecular flexibility index (Phi) is 2.44. The van der Waals surface area contributed by atoms with Crippen LogP contribution in [0.2, 0.25) is 0 Å². The molecule has 17 heavy (non-hydrogen) atoms. The third-order valence-corrected chi connectivity index (χ3v) is 3.17. The number of hydrogen-bond donors (Lipinski definition) is 1. The number of hydrazone groups is 1. The molecule has 0 saturated carbocycles. The van der Waals surface area contributed by atoms with Gasteiger partial charge in [0.05, 0.1) is 12.8 Å². The van der Waals surface area contributed by atoms with Crippen LogP contribution in [0.4, 0.5) is 0 Å². The van der Waals surface area contributed by atoms with Crippen molar-refractivity contribution < 1.29 is 0 Å². The number of aryl methyl sites for hydroxylation is 1. The predicted molar refractivity (Wildman–Crippen MR) is 69.1 cm³/mol. The van der Waals surface area contributed by atoms with Crippen LogP contribution >= 0.6 is 0 Å². The number of fused-ring (bicyclic) bond motifs is 1. The summed E-state index contributed by atoms with van der Waals surface area (Å²) < 4.78 is 2.35. The molecule has 1 aliphatic heterocycles. The highest BCUT2D eigenvalue weighted by Crippen LogP contribution is 2.18. The van der Waals surface area contributed by atoms with E-state index in [4.69, 9.17) is 0 Å². The van der Waals surface area contributed by atoms with Crippen LogP contribution < -0.4 is 5.43 Å². The van der Waals surface area contributed by atoms with Gasteiger partial charge in [-0.2, -0.15) is 5.10 Å². The molecule has 1 aromatic heterocycles. The van der Waals surface area contributed by atoms with Gasteiger partial charge in [0.2, 0.25) is 0 Å². The SMILES string of the molecule is Cc1cc2c(n1Cc1ccccc1)CNN=C2. The van der Waals surface area contributed by atoms with E-state index < -0.39 is 0 Å². The first-order valence-electron chi connectivity index (χ1n) is 5.83. The normalized spacial score (nSPS) is 13.2. The van der Waals surface area contributed by atoms with Crippen molar-refractivity contribution in [1.29, 1.82) is 0 Å². The summed E-state index contributed by atoms with van der Waals surface area (Å²) in [5.41, 5.74) is 8.20. The largest absolute Gasteiger partial charge is 0.342 e. The zero-order valence-corrected chi connectivity index (χ0v) is 9.85. The average molecular weight is 225 g/mol. The lowest BCUT2D eigenvalue weighted by molar-refractivity contribution is 0.647. The molecule has 1 aliphatic rings. The molecule has 0 bridgehead atoms. The molecular weight excluding hydrogens is 210 g/mol. The monoisotopic (exact) mass is 225 g/mol. The summed E-state index contributed by atoms with van der Waals surface area (Å²) in [5, 5.41) is 4.09. The molecule has 86 valence electrons. The third-order valence-electron chi connectivity index (χ3n) is 3.17. The fourth-order valence-electron chi connectivity index (χ4n) is 2.29. The van der Waals surface area contributed by atoms with Gasteiger partial charge in [0.15, 0.2) is 0 Å². The molecule has 0 atom stereocenters. The van der Waals surface area contributed by atoms with Crippen molar-refractivity contribution in [3.8, 4) is 0 Å². The zero-order chi connectivity index (χ0) is 11.7. The van der Waals surface area contributed by atoms with E-state index in [-0.39, 0.29) is 0 Å². The van der Waals surface area contributed by atoms with Crippen molar-refractivity contribution >= 4 is 6.21 Å². The van der Waals surface area contributed by atoms with Crippen LogP contribution in [0.3, 0.4) is 0 Å². The summed E-state index contributed by atoms with van der Waals surface area (Å²) in [7, 11) is 0. The number of hydrogen-bond acceptors (Lipinski definition) is 2. The Labute approximate surface area is 101 Å². The fourth-order valence-corrected chi connectivity index (χ4v) is 2.29. The van der Waals surface area contributed by atoms with Crippen LogP contribution in [0.1, 0.15) is 22.5 Å². The average Bonchev–Trinajstić information content (AvgIpc) is 2.68. The molecule has 0 unspecified atom stereocenters. The van der Waals surface area contributed by atoms with Gasteiger partial charge < -0.3 is 9.99 Å². The van der Waals surface area contributed by atoms with Gasteiger partial charge >= 0.3 is 0 Å². The molecule has 1 aromatic carbocycles. The lowest BCUT2D eigenvalue weighted by Crippen LogP contribution is -2.17. The van der Waals surface area contributed by atoms with E-state index in [1.807, 2.05) is 6.21 Å². The second-order valence-electron chi connectivity index (χ2n) is 4.35. The summed E-state index contributed by atoms with van der Waals surface area (Å²) in [6.07, 6.45) is 1.90. The van der Waals surface area contributed by atoms with Crippen molar-refractivity contribution in [2.24, 2.45) is 5.10 Å². The van der Waals surface area contributed by atoms with Gasteiger partial charge in [-0.1, -0.05) is 30.3 Å². The second kappa shape index (κ2) is 4.09. The Morgan fingerprint density at radius 2 is 2.12 bits per heavy atom. The summed E-state index contributed by atoms with van der Waals surface area (Å²) in [6.45, 7) is 3.89. The Bertz CT molecular complexity index is 552. The molecule has 0 radical (unpaired) electrons. The maximum Gasteiger partial charge on any atom is 0.0739 e. The second-order valence-corrected chi connectivity index (χ2v) is 4.35.